The highest BCUT2D eigenvalue weighted by molar-refractivity contribution is 5.92. The van der Waals surface area contributed by atoms with Crippen LogP contribution in [0.3, 0.4) is 0 Å². The van der Waals surface area contributed by atoms with E-state index in [4.69, 9.17) is 5.11 Å². The van der Waals surface area contributed by atoms with Gasteiger partial charge in [0.2, 0.25) is 5.91 Å². The van der Waals surface area contributed by atoms with E-state index in [0.717, 1.165) is 12.1 Å². The van der Waals surface area contributed by atoms with Crippen molar-refractivity contribution in [3.63, 3.8) is 0 Å². The van der Waals surface area contributed by atoms with Gasteiger partial charge in [-0.3, -0.25) is 9.48 Å². The zero-order chi connectivity index (χ0) is 17.2. The Morgan fingerprint density at radius 2 is 1.91 bits per heavy atom. The third kappa shape index (κ3) is 3.53. The molecule has 8 heteroatoms. The van der Waals surface area contributed by atoms with E-state index in [-0.39, 0.29) is 11.3 Å². The van der Waals surface area contributed by atoms with E-state index in [1.165, 1.54) is 37.0 Å². The molecule has 0 spiro atoms. The van der Waals surface area contributed by atoms with Crippen LogP contribution in [0.15, 0.2) is 30.6 Å². The fourth-order valence-electron chi connectivity index (χ4n) is 1.86. The molecule has 0 aliphatic carbocycles. The average molecular weight is 323 g/mol. The molecule has 0 radical (unpaired) electrons. The highest BCUT2D eigenvalue weighted by atomic mass is 19.1. The summed E-state index contributed by atoms with van der Waals surface area (Å²) in [5.41, 5.74) is -1.38. The van der Waals surface area contributed by atoms with Gasteiger partial charge in [-0.1, -0.05) is 6.07 Å². The maximum Gasteiger partial charge on any atom is 0.331 e. The van der Waals surface area contributed by atoms with Gasteiger partial charge < -0.3 is 10.4 Å². The molecule has 0 bridgehead atoms. The molecule has 2 rings (SSSR count). The first-order valence-electron chi connectivity index (χ1n) is 6.73. The minimum absolute atomic E-state index is 0.237. The van der Waals surface area contributed by atoms with Crippen LogP contribution in [0.5, 0.6) is 0 Å². The number of nitrogens with one attached hydrogen (secondary N) is 1. The number of halogens is 2. The number of aliphatic carboxylic acids is 1. The molecule has 1 aromatic heterocycles. The van der Waals surface area contributed by atoms with Crippen LogP contribution in [-0.4, -0.2) is 26.8 Å². The Balaban J connectivity index is 2.10. The first-order chi connectivity index (χ1) is 10.7. The van der Waals surface area contributed by atoms with Crippen molar-refractivity contribution in [1.29, 1.82) is 0 Å². The van der Waals surface area contributed by atoms with Crippen LogP contribution in [0, 0.1) is 11.6 Å². The second kappa shape index (κ2) is 6.15. The topological polar surface area (TPSA) is 84.2 Å². The minimum atomic E-state index is -1.29. The summed E-state index contributed by atoms with van der Waals surface area (Å²) in [5.74, 6) is -3.33. The number of benzene rings is 1. The molecule has 0 fully saturated rings. The van der Waals surface area contributed by atoms with Crippen LogP contribution in [0.2, 0.25) is 0 Å². The Kier molecular flexibility index (Phi) is 4.44. The number of carboxylic acids is 1. The molecule has 0 aliphatic heterocycles. The summed E-state index contributed by atoms with van der Waals surface area (Å²) in [6.07, 6.45) is 2.12. The molecule has 0 saturated carbocycles. The lowest BCUT2D eigenvalue weighted by Crippen LogP contribution is -2.35. The minimum Gasteiger partial charge on any atom is -0.479 e. The van der Waals surface area contributed by atoms with Crippen LogP contribution in [0.4, 0.5) is 14.5 Å². The average Bonchev–Trinajstić information content (AvgIpc) is 2.92. The number of carboxylic acid groups (broad SMARTS) is 1. The monoisotopic (exact) mass is 323 g/mol. The van der Waals surface area contributed by atoms with Gasteiger partial charge in [-0.2, -0.15) is 5.10 Å². The predicted octanol–water partition coefficient (Wildman–Crippen LogP) is 2.16. The number of aromatic nitrogens is 2. The zero-order valence-electron chi connectivity index (χ0n) is 12.5. The molecule has 122 valence electrons. The van der Waals surface area contributed by atoms with E-state index in [2.05, 4.69) is 10.4 Å². The third-order valence-electron chi connectivity index (χ3n) is 3.36. The van der Waals surface area contributed by atoms with Crippen LogP contribution in [-0.2, 0) is 21.5 Å². The van der Waals surface area contributed by atoms with Gasteiger partial charge >= 0.3 is 5.97 Å². The molecule has 2 N–H and O–H groups in total. The summed E-state index contributed by atoms with van der Waals surface area (Å²) in [7, 11) is 0. The Hall–Kier alpha value is -2.77. The Bertz CT molecular complexity index is 736. The molecule has 1 aromatic carbocycles. The standard InChI is InChI=1S/C15H15F2N3O3/c1-15(2,14(22)23)20-8-9(7-18-20)19-13(21)6-10-11(16)4-3-5-12(10)17/h3-5,7-8H,6H2,1-2H3,(H,19,21)(H,22,23). The number of nitrogens with zero attached hydrogens (tertiary/aromatic N) is 2. The molecule has 0 unspecified atom stereocenters. The number of rotatable bonds is 5. The first-order valence-corrected chi connectivity index (χ1v) is 6.73. The lowest BCUT2D eigenvalue weighted by molar-refractivity contribution is -0.146. The van der Waals surface area contributed by atoms with Gasteiger partial charge in [0.05, 0.1) is 18.3 Å². The second-order valence-electron chi connectivity index (χ2n) is 5.46. The normalized spacial score (nSPS) is 11.3. The first kappa shape index (κ1) is 16.6. The Morgan fingerprint density at radius 3 is 2.48 bits per heavy atom. The highest BCUT2D eigenvalue weighted by Crippen LogP contribution is 2.18. The van der Waals surface area contributed by atoms with Gasteiger partial charge in [-0.15, -0.1) is 0 Å². The maximum atomic E-state index is 13.5. The molecule has 0 aliphatic rings. The lowest BCUT2D eigenvalue weighted by Gasteiger charge is -2.19. The number of amides is 1. The van der Waals surface area contributed by atoms with E-state index < -0.39 is 35.5 Å². The zero-order valence-corrected chi connectivity index (χ0v) is 12.5. The van der Waals surface area contributed by atoms with Crippen LogP contribution in [0.25, 0.3) is 0 Å². The van der Waals surface area contributed by atoms with Crippen molar-refractivity contribution < 1.29 is 23.5 Å². The van der Waals surface area contributed by atoms with E-state index >= 15 is 0 Å². The van der Waals surface area contributed by atoms with Gasteiger partial charge in [-0.25, -0.2) is 13.6 Å². The number of carbonyl (C=O) groups excluding carboxylic acids is 1. The van der Waals surface area contributed by atoms with Crippen LogP contribution < -0.4 is 5.32 Å². The van der Waals surface area contributed by atoms with Crippen molar-refractivity contribution in [2.24, 2.45) is 0 Å². The summed E-state index contributed by atoms with van der Waals surface area (Å²) >= 11 is 0. The van der Waals surface area contributed by atoms with Crippen molar-refractivity contribution in [3.8, 4) is 0 Å². The van der Waals surface area contributed by atoms with E-state index in [1.807, 2.05) is 0 Å². The molecule has 23 heavy (non-hydrogen) atoms. The number of hydrogen-bond acceptors (Lipinski definition) is 3. The summed E-state index contributed by atoms with van der Waals surface area (Å²) in [6, 6.07) is 3.35. The quantitative estimate of drug-likeness (QED) is 0.883. The SMILES string of the molecule is CC(C)(C(=O)O)n1cc(NC(=O)Cc2c(F)cccc2F)cn1. The molecule has 2 aromatic rings. The molecular formula is C15H15F2N3O3. The van der Waals surface area contributed by atoms with E-state index in [0.29, 0.717) is 0 Å². The van der Waals surface area contributed by atoms with Gasteiger partial charge in [0.15, 0.2) is 5.54 Å². The summed E-state index contributed by atoms with van der Waals surface area (Å²) in [5, 5.41) is 15.4. The Morgan fingerprint density at radius 1 is 1.30 bits per heavy atom. The van der Waals surface area contributed by atoms with Gasteiger partial charge in [0, 0.05) is 11.8 Å². The molecule has 0 atom stereocenters. The van der Waals surface area contributed by atoms with Crippen LogP contribution >= 0.6 is 0 Å². The summed E-state index contributed by atoms with van der Waals surface area (Å²) in [4.78, 5) is 23.0. The largest absolute Gasteiger partial charge is 0.479 e. The fourth-order valence-corrected chi connectivity index (χ4v) is 1.86. The fraction of sp³-hybridized carbons (Fsp3) is 0.267. The second-order valence-corrected chi connectivity index (χ2v) is 5.46. The third-order valence-corrected chi connectivity index (χ3v) is 3.36. The van der Waals surface area contributed by atoms with Crippen LogP contribution in [0.1, 0.15) is 19.4 Å². The molecular weight excluding hydrogens is 308 g/mol. The molecule has 0 saturated heterocycles. The van der Waals surface area contributed by atoms with E-state index in [1.54, 1.807) is 0 Å². The van der Waals surface area contributed by atoms with E-state index in [9.17, 15) is 18.4 Å². The number of hydrogen-bond donors (Lipinski definition) is 2. The molecule has 6 nitrogen and oxygen atoms in total. The molecule has 1 amide bonds. The summed E-state index contributed by atoms with van der Waals surface area (Å²) < 4.78 is 28.2. The molecule has 1 heterocycles. The maximum absolute atomic E-state index is 13.5. The number of carbonyl (C=O) groups is 2. The number of anilines is 1. The van der Waals surface area contributed by atoms with Crippen molar-refractivity contribution in [3.05, 3.63) is 47.8 Å². The summed E-state index contributed by atoms with van der Waals surface area (Å²) in [6.45, 7) is 2.89. The predicted molar refractivity (Wildman–Crippen MR) is 77.9 cm³/mol. The van der Waals surface area contributed by atoms with Gasteiger partial charge in [0.1, 0.15) is 11.6 Å². The van der Waals surface area contributed by atoms with Crippen molar-refractivity contribution in [2.45, 2.75) is 25.8 Å². The highest BCUT2D eigenvalue weighted by Gasteiger charge is 2.30. The van der Waals surface area contributed by atoms with Gasteiger partial charge in [0.25, 0.3) is 0 Å². The smallest absolute Gasteiger partial charge is 0.331 e. The van der Waals surface area contributed by atoms with Crippen molar-refractivity contribution in [1.82, 2.24) is 9.78 Å². The van der Waals surface area contributed by atoms with Gasteiger partial charge in [-0.05, 0) is 26.0 Å². The Labute approximate surface area is 130 Å². The van der Waals surface area contributed by atoms with Crippen molar-refractivity contribution >= 4 is 17.6 Å². The lowest BCUT2D eigenvalue weighted by atomic mass is 10.1. The van der Waals surface area contributed by atoms with Crippen molar-refractivity contribution in [2.75, 3.05) is 5.32 Å².